The van der Waals surface area contributed by atoms with Gasteiger partial charge in [0.25, 0.3) is 0 Å². The molecule has 1 unspecified atom stereocenters. The molecule has 2 aliphatic carbocycles. The van der Waals surface area contributed by atoms with Gasteiger partial charge in [-0.3, -0.25) is 0 Å². The largest absolute Gasteiger partial charge is 1.00 e. The molecule has 0 amide bonds. The van der Waals surface area contributed by atoms with Crippen LogP contribution in [-0.2, 0) is 20.3 Å². The van der Waals surface area contributed by atoms with Crippen LogP contribution in [0.1, 0.15) is 28.6 Å². The number of allylic oxidation sites excluding steroid dienone is 4. The molecule has 144 valence electrons. The van der Waals surface area contributed by atoms with Gasteiger partial charge in [-0.15, -0.1) is 0 Å². The van der Waals surface area contributed by atoms with Crippen molar-refractivity contribution in [2.75, 3.05) is 0 Å². The third-order valence-corrected chi connectivity index (χ3v) is 16.2. The molecule has 0 aliphatic heterocycles. The van der Waals surface area contributed by atoms with Gasteiger partial charge in [-0.2, -0.15) is 0 Å². The molecule has 2 aliphatic rings. The first-order chi connectivity index (χ1) is 12.2. The monoisotopic (exact) mass is 486 g/mol. The van der Waals surface area contributed by atoms with E-state index in [9.17, 15) is 0 Å². The van der Waals surface area contributed by atoms with Crippen LogP contribution in [0.2, 0.25) is 9.26 Å². The number of halogens is 2. The van der Waals surface area contributed by atoms with Crippen molar-refractivity contribution in [1.29, 1.82) is 0 Å². The first-order valence-electron chi connectivity index (χ1n) is 9.14. The van der Waals surface area contributed by atoms with E-state index in [0.29, 0.717) is 3.63 Å². The molecule has 0 saturated heterocycles. The molecule has 28 heavy (non-hydrogen) atoms. The van der Waals surface area contributed by atoms with E-state index in [0.717, 1.165) is 0 Å². The molecule has 3 aromatic carbocycles. The number of fused-ring (bicyclic) bond motifs is 4. The molecule has 3 heteroatoms. The maximum atomic E-state index is 2.62. The van der Waals surface area contributed by atoms with Crippen LogP contribution in [0.4, 0.5) is 0 Å². The van der Waals surface area contributed by atoms with Crippen LogP contribution in [0.25, 0.3) is 21.9 Å². The fourth-order valence-electron chi connectivity index (χ4n) is 4.78. The smallest absolute Gasteiger partial charge is 1.00 e. The zero-order valence-electron chi connectivity index (χ0n) is 15.5. The van der Waals surface area contributed by atoms with Gasteiger partial charge >= 0.3 is 155 Å². The van der Waals surface area contributed by atoms with Gasteiger partial charge in [0.15, 0.2) is 0 Å². The summed E-state index contributed by atoms with van der Waals surface area (Å²) in [5, 5.41) is 2.73. The second-order valence-electron chi connectivity index (χ2n) is 7.85. The number of rotatable bonds is 2. The number of benzene rings is 3. The van der Waals surface area contributed by atoms with Crippen molar-refractivity contribution in [2.45, 2.75) is 26.7 Å². The zero-order chi connectivity index (χ0) is 17.0. The summed E-state index contributed by atoms with van der Waals surface area (Å²) in [7, 11) is 0. The Labute approximate surface area is 186 Å². The molecule has 0 fully saturated rings. The van der Waals surface area contributed by atoms with Crippen LogP contribution in [-0.4, -0.2) is 0 Å². The summed E-state index contributed by atoms with van der Waals surface area (Å²) < 4.78 is 7.62. The third kappa shape index (κ3) is 3.47. The van der Waals surface area contributed by atoms with Gasteiger partial charge < -0.3 is 24.8 Å². The predicted molar refractivity (Wildman–Crippen MR) is 112 cm³/mol. The molecule has 0 spiro atoms. The number of hydrogen-bond donors (Lipinski definition) is 0. The Balaban J connectivity index is 0.000000934. The Morgan fingerprint density at radius 1 is 0.786 bits per heavy atom. The van der Waals surface area contributed by atoms with E-state index in [-0.39, 0.29) is 32.2 Å². The summed E-state index contributed by atoms with van der Waals surface area (Å²) in [6.45, 7) is 0. The average molecular weight is 489 g/mol. The minimum Gasteiger partial charge on any atom is -1.00 e. The van der Waals surface area contributed by atoms with Crippen molar-refractivity contribution in [3.63, 3.8) is 0 Å². The van der Waals surface area contributed by atoms with Gasteiger partial charge in [-0.1, -0.05) is 7.43 Å². The summed E-state index contributed by atoms with van der Waals surface area (Å²) in [4.78, 5) is 0. The van der Waals surface area contributed by atoms with Crippen LogP contribution in [0, 0.1) is 0 Å². The standard InChI is InChI=1S/C17H11.C5H5.CH4.2CH3.2ClH.Zr/c1-2-6-13-11-17-15(9-12(13)5-1)10-14-7-3-4-8-16(14)17;1-2-4-5-3-1;;;;;;/h1-11H;1-3H,4H2;1H4;2*1H3;2*1H;/q;;;;;;;+2/p-2. The molecular weight excluding hydrogens is 462 g/mol. The van der Waals surface area contributed by atoms with Gasteiger partial charge in [0.05, 0.1) is 0 Å². The van der Waals surface area contributed by atoms with Gasteiger partial charge in [0, 0.05) is 0 Å². The maximum absolute atomic E-state index is 2.62. The quantitative estimate of drug-likeness (QED) is 0.515. The molecule has 0 aromatic heterocycles. The van der Waals surface area contributed by atoms with Crippen molar-refractivity contribution in [2.24, 2.45) is 0 Å². The van der Waals surface area contributed by atoms with Crippen molar-refractivity contribution >= 4 is 10.8 Å². The Morgan fingerprint density at radius 2 is 1.43 bits per heavy atom. The molecule has 0 bridgehead atoms. The van der Waals surface area contributed by atoms with Crippen molar-refractivity contribution < 1.29 is 45.1 Å². The Morgan fingerprint density at radius 3 is 2.11 bits per heavy atom. The summed E-state index contributed by atoms with van der Waals surface area (Å²) in [5.41, 5.74) is 6.08. The van der Waals surface area contributed by atoms with Gasteiger partial charge in [0.2, 0.25) is 0 Å². The van der Waals surface area contributed by atoms with Crippen LogP contribution < -0.4 is 24.8 Å². The molecule has 0 radical (unpaired) electrons. The molecule has 0 N–H and O–H groups in total. The van der Waals surface area contributed by atoms with E-state index in [1.54, 1.807) is 14.4 Å². The zero-order valence-corrected chi connectivity index (χ0v) is 19.5. The second-order valence-corrected chi connectivity index (χ2v) is 19.3. The molecule has 5 rings (SSSR count). The van der Waals surface area contributed by atoms with Crippen LogP contribution >= 0.6 is 0 Å². The SMILES string of the molecule is C.[CH3][Zr+2]([CH3])([C]1=CC=CC1)[CH]1c2ccccc2-c2cc3ccccc3cc21.[Cl-].[Cl-]. The fraction of sp³-hybridized carbons (Fsp3) is 0.200. The average Bonchev–Trinajstić information content (AvgIpc) is 3.27. The first-order valence-corrected chi connectivity index (χ1v) is 16.7. The van der Waals surface area contributed by atoms with E-state index < -0.39 is 20.3 Å². The molecule has 0 nitrogen and oxygen atoms in total. The topological polar surface area (TPSA) is 0 Å². The third-order valence-electron chi connectivity index (χ3n) is 6.11. The molecule has 0 heterocycles. The van der Waals surface area contributed by atoms with Gasteiger partial charge in [-0.25, -0.2) is 0 Å². The van der Waals surface area contributed by atoms with E-state index >= 15 is 0 Å². The van der Waals surface area contributed by atoms with Crippen molar-refractivity contribution in [3.05, 3.63) is 93.3 Å². The minimum absolute atomic E-state index is 0. The van der Waals surface area contributed by atoms with Crippen LogP contribution in [0.15, 0.2) is 82.2 Å². The predicted octanol–water partition coefficient (Wildman–Crippen LogP) is 1.65. The van der Waals surface area contributed by atoms with E-state index in [1.807, 2.05) is 0 Å². The summed E-state index contributed by atoms with van der Waals surface area (Å²) in [6.07, 6.45) is 8.18. The molecule has 3 aromatic rings. The van der Waals surface area contributed by atoms with Crippen LogP contribution in [0.3, 0.4) is 0 Å². The Bertz CT molecular complexity index is 1060. The van der Waals surface area contributed by atoms with Crippen molar-refractivity contribution in [1.82, 2.24) is 0 Å². The number of hydrogen-bond acceptors (Lipinski definition) is 0. The van der Waals surface area contributed by atoms with E-state index in [2.05, 4.69) is 88.2 Å². The fourth-order valence-corrected chi connectivity index (χ4v) is 13.6. The van der Waals surface area contributed by atoms with Gasteiger partial charge in [-0.05, 0) is 0 Å². The second kappa shape index (κ2) is 8.70. The maximum Gasteiger partial charge on any atom is -1.00 e. The summed E-state index contributed by atoms with van der Waals surface area (Å²) >= 11 is -2.52. The summed E-state index contributed by atoms with van der Waals surface area (Å²) in [6, 6.07) is 22.8. The Kier molecular flexibility index (Phi) is 7.19. The molecule has 1 atom stereocenters. The van der Waals surface area contributed by atoms with E-state index in [1.165, 1.54) is 28.3 Å². The molecule has 0 saturated carbocycles. The van der Waals surface area contributed by atoms with Gasteiger partial charge in [0.1, 0.15) is 0 Å². The Hall–Kier alpha value is -1.14. The first kappa shape index (κ1) is 23.1. The summed E-state index contributed by atoms with van der Waals surface area (Å²) in [5.74, 6) is 0. The van der Waals surface area contributed by atoms with Crippen LogP contribution in [0.5, 0.6) is 0 Å². The molecular formula is C25H26Cl2Zr. The minimum atomic E-state index is -2.52. The van der Waals surface area contributed by atoms with E-state index in [4.69, 9.17) is 0 Å². The van der Waals surface area contributed by atoms with Crippen molar-refractivity contribution in [3.8, 4) is 11.1 Å². The normalized spacial score (nSPS) is 15.8.